The molecule has 0 saturated carbocycles. The molecule has 0 aliphatic rings. The highest BCUT2D eigenvalue weighted by Crippen LogP contribution is 2.35. The van der Waals surface area contributed by atoms with Gasteiger partial charge in [0.05, 0.1) is 24.1 Å². The minimum absolute atomic E-state index is 0.196. The number of hydrogen-bond acceptors (Lipinski definition) is 5. The summed E-state index contributed by atoms with van der Waals surface area (Å²) in [7, 11) is 1.79. The maximum absolute atomic E-state index is 13.3. The third-order valence-corrected chi connectivity index (χ3v) is 5.91. The molecule has 2 aromatic carbocycles. The minimum atomic E-state index is -4.42. The summed E-state index contributed by atoms with van der Waals surface area (Å²) in [6, 6.07) is 15.9. The molecule has 2 aromatic heterocycles. The monoisotopic (exact) mass is 468 g/mol. The quantitative estimate of drug-likeness (QED) is 0.358. The van der Waals surface area contributed by atoms with Gasteiger partial charge in [-0.15, -0.1) is 0 Å². The fourth-order valence-electron chi connectivity index (χ4n) is 3.90. The van der Waals surface area contributed by atoms with Crippen LogP contribution in [-0.2, 0) is 21.2 Å². The van der Waals surface area contributed by atoms with E-state index in [-0.39, 0.29) is 6.61 Å². The molecule has 0 N–H and O–H groups in total. The summed E-state index contributed by atoms with van der Waals surface area (Å²) in [5, 5.41) is 4.45. The van der Waals surface area contributed by atoms with Gasteiger partial charge in [-0.2, -0.15) is 18.3 Å². The number of halogens is 3. The molecule has 1 unspecified atom stereocenters. The van der Waals surface area contributed by atoms with Crippen LogP contribution >= 0.6 is 0 Å². The standard InChI is InChI=1S/C25H23F3N4O2/c1-4-34-23(33)24(2,31(3)19-8-6-5-7-9-19)21-14-15-29-22-20(16-30-32(21)22)17-10-12-18(13-11-17)25(26,27)28/h5-16H,4H2,1-3H3. The number of anilines is 1. The summed E-state index contributed by atoms with van der Waals surface area (Å²) in [5.74, 6) is -0.472. The van der Waals surface area contributed by atoms with Crippen molar-refractivity contribution in [1.29, 1.82) is 0 Å². The number of aromatic nitrogens is 3. The lowest BCUT2D eigenvalue weighted by molar-refractivity contribution is -0.149. The van der Waals surface area contributed by atoms with Crippen LogP contribution in [0.1, 0.15) is 25.1 Å². The smallest absolute Gasteiger partial charge is 0.416 e. The Bertz CT molecular complexity index is 1300. The van der Waals surface area contributed by atoms with Crippen LogP contribution in [-0.4, -0.2) is 34.2 Å². The van der Waals surface area contributed by atoms with Gasteiger partial charge in [-0.05, 0) is 49.7 Å². The van der Waals surface area contributed by atoms with Gasteiger partial charge in [0.1, 0.15) is 0 Å². The zero-order chi connectivity index (χ0) is 24.5. The summed E-state index contributed by atoms with van der Waals surface area (Å²) in [5.41, 5.74) is 0.766. The molecule has 0 fully saturated rings. The summed E-state index contributed by atoms with van der Waals surface area (Å²) in [4.78, 5) is 19.5. The van der Waals surface area contributed by atoms with E-state index in [4.69, 9.17) is 4.74 Å². The molecule has 0 radical (unpaired) electrons. The summed E-state index contributed by atoms with van der Waals surface area (Å²) in [6.45, 7) is 3.67. The first kappa shape index (κ1) is 23.3. The molecular weight excluding hydrogens is 445 g/mol. The second-order valence-electron chi connectivity index (χ2n) is 7.89. The second kappa shape index (κ2) is 8.81. The number of benzene rings is 2. The predicted molar refractivity (Wildman–Crippen MR) is 122 cm³/mol. The lowest BCUT2D eigenvalue weighted by Gasteiger charge is -2.38. The molecule has 4 rings (SSSR count). The maximum Gasteiger partial charge on any atom is 0.416 e. The van der Waals surface area contributed by atoms with Gasteiger partial charge < -0.3 is 9.64 Å². The molecule has 6 nitrogen and oxygen atoms in total. The Balaban J connectivity index is 1.86. The Hall–Kier alpha value is -3.88. The fourth-order valence-corrected chi connectivity index (χ4v) is 3.90. The van der Waals surface area contributed by atoms with E-state index in [2.05, 4.69) is 10.1 Å². The number of esters is 1. The van der Waals surface area contributed by atoms with E-state index in [0.717, 1.165) is 17.8 Å². The molecule has 9 heteroatoms. The van der Waals surface area contributed by atoms with Gasteiger partial charge in [-0.3, -0.25) is 0 Å². The van der Waals surface area contributed by atoms with Crippen molar-refractivity contribution in [2.24, 2.45) is 0 Å². The Morgan fingerprint density at radius 2 is 1.74 bits per heavy atom. The largest absolute Gasteiger partial charge is 0.464 e. The third kappa shape index (κ3) is 3.98. The molecule has 0 bridgehead atoms. The first-order chi connectivity index (χ1) is 16.2. The van der Waals surface area contributed by atoms with Gasteiger partial charge in [0.25, 0.3) is 0 Å². The van der Waals surface area contributed by atoms with Crippen molar-refractivity contribution >= 4 is 17.3 Å². The van der Waals surface area contributed by atoms with Crippen molar-refractivity contribution in [3.63, 3.8) is 0 Å². The van der Waals surface area contributed by atoms with E-state index in [0.29, 0.717) is 22.5 Å². The third-order valence-electron chi connectivity index (χ3n) is 5.91. The first-order valence-corrected chi connectivity index (χ1v) is 10.6. The number of ether oxygens (including phenoxy) is 1. The molecule has 176 valence electrons. The van der Waals surface area contributed by atoms with Gasteiger partial charge in [0, 0.05) is 24.5 Å². The molecule has 0 aliphatic carbocycles. The number of rotatable bonds is 6. The van der Waals surface area contributed by atoms with Crippen LogP contribution in [0.25, 0.3) is 16.8 Å². The molecule has 2 heterocycles. The van der Waals surface area contributed by atoms with Crippen molar-refractivity contribution < 1.29 is 22.7 Å². The zero-order valence-electron chi connectivity index (χ0n) is 18.9. The van der Waals surface area contributed by atoms with Gasteiger partial charge >= 0.3 is 12.1 Å². The van der Waals surface area contributed by atoms with Crippen molar-refractivity contribution in [3.8, 4) is 11.1 Å². The number of fused-ring (bicyclic) bond motifs is 1. The van der Waals surface area contributed by atoms with Crippen LogP contribution in [0.15, 0.2) is 73.1 Å². The van der Waals surface area contributed by atoms with E-state index >= 15 is 0 Å². The number of para-hydroxylation sites is 1. The maximum atomic E-state index is 13.3. The number of carbonyl (C=O) groups is 1. The van der Waals surface area contributed by atoms with Gasteiger partial charge in [-0.1, -0.05) is 30.3 Å². The van der Waals surface area contributed by atoms with Gasteiger partial charge in [0.15, 0.2) is 11.2 Å². The van der Waals surface area contributed by atoms with Crippen molar-refractivity contribution in [1.82, 2.24) is 14.6 Å². The SMILES string of the molecule is CCOC(=O)C(C)(c1ccnc2c(-c3ccc(C(F)(F)F)cc3)cnn12)N(C)c1ccccc1. The fraction of sp³-hybridized carbons (Fsp3) is 0.240. The van der Waals surface area contributed by atoms with Crippen LogP contribution in [0.2, 0.25) is 0 Å². The number of carbonyl (C=O) groups excluding carboxylic acids is 1. The Kier molecular flexibility index (Phi) is 6.03. The summed E-state index contributed by atoms with van der Waals surface area (Å²) < 4.78 is 45.9. The Morgan fingerprint density at radius 3 is 2.35 bits per heavy atom. The van der Waals surface area contributed by atoms with Crippen LogP contribution in [0, 0.1) is 0 Å². The molecule has 34 heavy (non-hydrogen) atoms. The summed E-state index contributed by atoms with van der Waals surface area (Å²) >= 11 is 0. The molecule has 4 aromatic rings. The second-order valence-corrected chi connectivity index (χ2v) is 7.89. The number of hydrogen-bond donors (Lipinski definition) is 0. The van der Waals surface area contributed by atoms with Gasteiger partial charge in [0.2, 0.25) is 0 Å². The topological polar surface area (TPSA) is 59.7 Å². The number of alkyl halides is 3. The van der Waals surface area contributed by atoms with Crippen molar-refractivity contribution in [2.75, 3.05) is 18.6 Å². The Labute approximate surface area is 194 Å². The zero-order valence-corrected chi connectivity index (χ0v) is 18.9. The molecule has 0 amide bonds. The highest BCUT2D eigenvalue weighted by atomic mass is 19.4. The molecule has 0 saturated heterocycles. The van der Waals surface area contributed by atoms with E-state index in [9.17, 15) is 18.0 Å². The lowest BCUT2D eigenvalue weighted by atomic mass is 9.94. The van der Waals surface area contributed by atoms with E-state index in [1.807, 2.05) is 30.3 Å². The van der Waals surface area contributed by atoms with Crippen molar-refractivity contribution in [3.05, 3.63) is 84.3 Å². The van der Waals surface area contributed by atoms with Crippen LogP contribution in [0.3, 0.4) is 0 Å². The number of likely N-dealkylation sites (N-methyl/N-ethyl adjacent to an activating group) is 1. The average molecular weight is 468 g/mol. The minimum Gasteiger partial charge on any atom is -0.464 e. The highest BCUT2D eigenvalue weighted by molar-refractivity contribution is 5.87. The van der Waals surface area contributed by atoms with Crippen LogP contribution in [0.4, 0.5) is 18.9 Å². The van der Waals surface area contributed by atoms with E-state index in [1.165, 1.54) is 22.8 Å². The normalized spacial score (nSPS) is 13.5. The average Bonchev–Trinajstić information content (AvgIpc) is 3.27. The first-order valence-electron chi connectivity index (χ1n) is 10.6. The Morgan fingerprint density at radius 1 is 1.06 bits per heavy atom. The lowest BCUT2D eigenvalue weighted by Crippen LogP contribution is -2.50. The van der Waals surface area contributed by atoms with Crippen LogP contribution < -0.4 is 4.90 Å². The molecule has 0 aliphatic heterocycles. The van der Waals surface area contributed by atoms with Gasteiger partial charge in [-0.25, -0.2) is 14.3 Å². The summed E-state index contributed by atoms with van der Waals surface area (Å²) in [6.07, 6.45) is -1.34. The van der Waals surface area contributed by atoms with E-state index < -0.39 is 23.2 Å². The van der Waals surface area contributed by atoms with Crippen molar-refractivity contribution in [2.45, 2.75) is 25.6 Å². The number of nitrogens with zero attached hydrogens (tertiary/aromatic N) is 4. The highest BCUT2D eigenvalue weighted by Gasteiger charge is 2.44. The molecular formula is C25H23F3N4O2. The van der Waals surface area contributed by atoms with Crippen LogP contribution in [0.5, 0.6) is 0 Å². The van der Waals surface area contributed by atoms with E-state index in [1.54, 1.807) is 38.1 Å². The predicted octanol–water partition coefficient (Wildman–Crippen LogP) is 5.33. The molecule has 1 atom stereocenters. The molecule has 0 spiro atoms.